The van der Waals surface area contributed by atoms with Crippen molar-refractivity contribution < 1.29 is 24.2 Å². The molecule has 3 aliphatic rings. The summed E-state index contributed by atoms with van der Waals surface area (Å²) in [6.45, 7) is 0.594. The van der Waals surface area contributed by atoms with Gasteiger partial charge in [-0.25, -0.2) is 13.2 Å². The molecule has 3 aromatic rings. The van der Waals surface area contributed by atoms with E-state index in [1.165, 1.54) is 22.1 Å². The molecular formula is C25H31F3N8O2S. The molecule has 0 spiro atoms. The highest BCUT2D eigenvalue weighted by Crippen LogP contribution is 2.43. The lowest BCUT2D eigenvalue weighted by Crippen LogP contribution is -2.36. The number of hydrogen-bond donors (Lipinski definition) is 3. The number of nitrogens with one attached hydrogen (secondary N) is 3. The fourth-order valence-corrected chi connectivity index (χ4v) is 6.43. The van der Waals surface area contributed by atoms with E-state index in [4.69, 9.17) is 0 Å². The topological polar surface area (TPSA) is 119 Å². The minimum Gasteiger partial charge on any atom is -0.352 e. The van der Waals surface area contributed by atoms with Crippen LogP contribution in [0.5, 0.6) is 0 Å². The molecule has 0 unspecified atom stereocenters. The molecule has 0 saturated heterocycles. The summed E-state index contributed by atoms with van der Waals surface area (Å²) >= 11 is 1.41. The fraction of sp³-hybridized carbons (Fsp3) is 0.560. The summed E-state index contributed by atoms with van der Waals surface area (Å²) in [4.78, 5) is 27.2. The van der Waals surface area contributed by atoms with Crippen molar-refractivity contribution in [2.75, 3.05) is 17.2 Å². The van der Waals surface area contributed by atoms with Crippen molar-refractivity contribution in [3.8, 4) is 0 Å². The lowest BCUT2D eigenvalue weighted by molar-refractivity contribution is -0.124. The Morgan fingerprint density at radius 2 is 2.05 bits per heavy atom. The molecule has 3 aromatic heterocycles. The van der Waals surface area contributed by atoms with Crippen LogP contribution in [0.4, 0.5) is 29.9 Å². The smallest absolute Gasteiger partial charge is 0.282 e. The first-order valence-electron chi connectivity index (χ1n) is 13.1. The van der Waals surface area contributed by atoms with Crippen molar-refractivity contribution in [2.45, 2.75) is 63.6 Å². The quantitative estimate of drug-likeness (QED) is 0.351. The molecule has 39 heavy (non-hydrogen) atoms. The number of aryl methyl sites for hydroxylation is 2. The van der Waals surface area contributed by atoms with Crippen LogP contribution in [0, 0.1) is 11.8 Å². The zero-order chi connectivity index (χ0) is 27.3. The molecule has 3 N–H and O–H groups in total. The maximum absolute atomic E-state index is 13.4. The van der Waals surface area contributed by atoms with Crippen molar-refractivity contribution in [1.29, 1.82) is 0 Å². The van der Waals surface area contributed by atoms with Gasteiger partial charge in [-0.05, 0) is 56.4 Å². The molecule has 0 radical (unpaired) electrons. The van der Waals surface area contributed by atoms with E-state index in [2.05, 4.69) is 31.2 Å². The molecule has 1 atom stereocenters. The molecule has 14 heteroatoms. The van der Waals surface area contributed by atoms with E-state index in [0.717, 1.165) is 29.7 Å². The summed E-state index contributed by atoms with van der Waals surface area (Å²) in [5, 5.41) is 21.5. The maximum Gasteiger partial charge on any atom is 0.282 e. The zero-order valence-electron chi connectivity index (χ0n) is 21.3. The number of anilines is 3. The third kappa shape index (κ3) is 5.25. The second-order valence-electron chi connectivity index (χ2n) is 10.6. The number of alkyl halides is 3. The Bertz CT molecular complexity index is 1400. The maximum atomic E-state index is 13.4. The predicted molar refractivity (Wildman–Crippen MR) is 140 cm³/mol. The van der Waals surface area contributed by atoms with Crippen molar-refractivity contribution >= 4 is 39.9 Å². The molecule has 6 rings (SSSR count). The Morgan fingerprint density at radius 1 is 1.26 bits per heavy atom. The van der Waals surface area contributed by atoms with E-state index in [-0.39, 0.29) is 43.7 Å². The van der Waals surface area contributed by atoms with Gasteiger partial charge in [0.2, 0.25) is 11.9 Å². The van der Waals surface area contributed by atoms with Crippen LogP contribution >= 0.6 is 11.3 Å². The van der Waals surface area contributed by atoms with Gasteiger partial charge in [0.1, 0.15) is 29.0 Å². The predicted octanol–water partition coefficient (Wildman–Crippen LogP) is 4.56. The highest BCUT2D eigenvalue weighted by molar-refractivity contribution is 7.17. The zero-order valence-corrected chi connectivity index (χ0v) is 22.1. The number of nitrogens with zero attached hydrogens (tertiary/aromatic N) is 5. The molecule has 0 bridgehead atoms. The van der Waals surface area contributed by atoms with Gasteiger partial charge in [-0.1, -0.05) is 0 Å². The highest BCUT2D eigenvalue weighted by Gasteiger charge is 2.37. The Morgan fingerprint density at radius 3 is 2.74 bits per heavy atom. The summed E-state index contributed by atoms with van der Waals surface area (Å²) in [6, 6.07) is 1.16. The highest BCUT2D eigenvalue weighted by atomic mass is 32.1. The van der Waals surface area contributed by atoms with Crippen molar-refractivity contribution in [3.05, 3.63) is 34.1 Å². The summed E-state index contributed by atoms with van der Waals surface area (Å²) < 4.78 is 42.7. The van der Waals surface area contributed by atoms with Crippen LogP contribution in [0.15, 0.2) is 12.4 Å². The molecule has 3 heterocycles. The van der Waals surface area contributed by atoms with Crippen molar-refractivity contribution in [1.82, 2.24) is 29.9 Å². The molecule has 210 valence electrons. The first kappa shape index (κ1) is 25.8. The van der Waals surface area contributed by atoms with Gasteiger partial charge in [0, 0.05) is 37.9 Å². The number of halogens is 3. The number of aromatic nitrogens is 5. The molecule has 0 aliphatic heterocycles. The standard InChI is InChI=1S/C25H29F3N8O2S.H2/c1-35-19(9-17(34-35)21(27)28)31-25-33-30-11-36(25)15-4-5-18-16(8-15)20(23(38)29-10-12-2-3-12)24(39-18)32-22(37)13-6-14(26)7-13;/h9,11-15,21H,2-8,10H2,1H3,(H,29,38)(H,31,33)(H,32,37);1H/t13?,14?,15-;/m0./s1. The summed E-state index contributed by atoms with van der Waals surface area (Å²) in [6.07, 6.45) is 2.47. The monoisotopic (exact) mass is 564 g/mol. The molecular weight excluding hydrogens is 533 g/mol. The summed E-state index contributed by atoms with van der Waals surface area (Å²) in [7, 11) is 1.56. The Hall–Kier alpha value is -3.42. The van der Waals surface area contributed by atoms with Crippen molar-refractivity contribution in [2.24, 2.45) is 18.9 Å². The lowest BCUT2D eigenvalue weighted by Gasteiger charge is -2.28. The van der Waals surface area contributed by atoms with Gasteiger partial charge in [0.05, 0.1) is 5.56 Å². The second kappa shape index (κ2) is 10.3. The third-order valence-electron chi connectivity index (χ3n) is 7.73. The van der Waals surface area contributed by atoms with Crippen LogP contribution in [0.2, 0.25) is 0 Å². The van der Waals surface area contributed by atoms with E-state index in [1.807, 2.05) is 4.57 Å². The van der Waals surface area contributed by atoms with E-state index >= 15 is 0 Å². The van der Waals surface area contributed by atoms with E-state index < -0.39 is 12.6 Å². The minimum absolute atomic E-state index is 0. The number of rotatable bonds is 9. The first-order valence-corrected chi connectivity index (χ1v) is 13.9. The van der Waals surface area contributed by atoms with Crippen LogP contribution < -0.4 is 16.0 Å². The van der Waals surface area contributed by atoms with Crippen molar-refractivity contribution in [3.63, 3.8) is 0 Å². The number of carbonyl (C=O) groups excluding carboxylic acids is 2. The minimum atomic E-state index is -2.69. The molecule has 0 aromatic carbocycles. The second-order valence-corrected chi connectivity index (χ2v) is 11.7. The Labute approximate surface area is 227 Å². The van der Waals surface area contributed by atoms with Gasteiger partial charge in [0.25, 0.3) is 12.3 Å². The molecule has 10 nitrogen and oxygen atoms in total. The third-order valence-corrected chi connectivity index (χ3v) is 8.93. The van der Waals surface area contributed by atoms with E-state index in [0.29, 0.717) is 47.6 Å². The van der Waals surface area contributed by atoms with Crippen LogP contribution in [0.1, 0.15) is 72.5 Å². The van der Waals surface area contributed by atoms with Crippen LogP contribution in [-0.2, 0) is 24.7 Å². The van der Waals surface area contributed by atoms with Crippen LogP contribution in [0.3, 0.4) is 0 Å². The van der Waals surface area contributed by atoms with Gasteiger partial charge >= 0.3 is 0 Å². The van der Waals surface area contributed by atoms with E-state index in [1.54, 1.807) is 13.4 Å². The number of fused-ring (bicyclic) bond motifs is 1. The number of carbonyl (C=O) groups is 2. The van der Waals surface area contributed by atoms with Gasteiger partial charge in [-0.15, -0.1) is 21.5 Å². The van der Waals surface area contributed by atoms with Gasteiger partial charge < -0.3 is 16.0 Å². The van der Waals surface area contributed by atoms with Crippen LogP contribution in [0.25, 0.3) is 0 Å². The molecule has 2 saturated carbocycles. The van der Waals surface area contributed by atoms with E-state index in [9.17, 15) is 22.8 Å². The number of hydrogen-bond acceptors (Lipinski definition) is 7. The fourth-order valence-electron chi connectivity index (χ4n) is 5.18. The van der Waals surface area contributed by atoms with Crippen LogP contribution in [-0.4, -0.2) is 49.1 Å². The largest absolute Gasteiger partial charge is 0.352 e. The molecule has 2 amide bonds. The summed E-state index contributed by atoms with van der Waals surface area (Å²) in [5.41, 5.74) is 1.00. The number of amides is 2. The number of thiophene rings is 1. The average molecular weight is 565 g/mol. The Kier molecular flexibility index (Phi) is 6.81. The molecule has 2 fully saturated rings. The Balaban J connectivity index is 0.00000323. The SMILES string of the molecule is Cn1nc(C(F)F)cc1Nc1nncn1[C@H]1CCc2sc(NC(=O)C3CC(F)C3)c(C(=O)NCC3CC3)c2C1.[HH]. The first-order chi connectivity index (χ1) is 18.8. The lowest BCUT2D eigenvalue weighted by atomic mass is 9.83. The van der Waals surface area contributed by atoms with Gasteiger partial charge in [-0.2, -0.15) is 5.10 Å². The van der Waals surface area contributed by atoms with Gasteiger partial charge in [0.15, 0.2) is 0 Å². The van der Waals surface area contributed by atoms with Gasteiger partial charge in [-0.3, -0.25) is 18.8 Å². The average Bonchev–Trinajstić information content (AvgIpc) is 3.30. The molecule has 3 aliphatic carbocycles. The normalized spacial score (nSPS) is 22.3. The summed E-state index contributed by atoms with van der Waals surface area (Å²) in [5.74, 6) is 0.375.